The van der Waals surface area contributed by atoms with Gasteiger partial charge in [-0.3, -0.25) is 4.98 Å². The number of hydrogen-bond acceptors (Lipinski definition) is 3. The molecule has 0 amide bonds. The van der Waals surface area contributed by atoms with Gasteiger partial charge < -0.3 is 9.84 Å². The highest BCUT2D eigenvalue weighted by atomic mass is 19.1. The summed E-state index contributed by atoms with van der Waals surface area (Å²) >= 11 is 0. The third kappa shape index (κ3) is 2.51. The second kappa shape index (κ2) is 3.88. The van der Waals surface area contributed by atoms with Crippen LogP contribution >= 0.6 is 0 Å². The summed E-state index contributed by atoms with van der Waals surface area (Å²) in [4.78, 5) is 3.56. The largest absolute Gasteiger partial charge is 0.489 e. The maximum Gasteiger partial charge on any atom is 0.145 e. The number of hydrogen-bond donors (Lipinski definition) is 1. The molecule has 0 spiro atoms. The second-order valence-corrected chi connectivity index (χ2v) is 1.91. The van der Waals surface area contributed by atoms with Crippen molar-refractivity contribution in [3.05, 3.63) is 24.3 Å². The van der Waals surface area contributed by atoms with E-state index in [2.05, 4.69) is 4.98 Å². The molecule has 0 saturated heterocycles. The van der Waals surface area contributed by atoms with E-state index in [1.165, 1.54) is 12.3 Å². The maximum atomic E-state index is 12.4. The van der Waals surface area contributed by atoms with Gasteiger partial charge in [0.1, 0.15) is 18.2 Å². The summed E-state index contributed by atoms with van der Waals surface area (Å²) in [5.74, 6) is -0.112. The Labute approximate surface area is 63.5 Å². The first kappa shape index (κ1) is 7.94. The topological polar surface area (TPSA) is 42.4 Å². The summed E-state index contributed by atoms with van der Waals surface area (Å²) in [5.41, 5.74) is 0. The zero-order chi connectivity index (χ0) is 8.10. The van der Waals surface area contributed by atoms with Crippen LogP contribution in [0.1, 0.15) is 0 Å². The van der Waals surface area contributed by atoms with Crippen LogP contribution in [0.5, 0.6) is 5.75 Å². The average Bonchev–Trinajstić information content (AvgIpc) is 2.01. The number of aliphatic hydroxyl groups excluding tert-OH is 1. The molecular weight excluding hydrogens is 149 g/mol. The monoisotopic (exact) mass is 157 g/mol. The van der Waals surface area contributed by atoms with Gasteiger partial charge >= 0.3 is 0 Å². The third-order valence-corrected chi connectivity index (χ3v) is 1.04. The van der Waals surface area contributed by atoms with Gasteiger partial charge in [0.05, 0.1) is 19.0 Å². The van der Waals surface area contributed by atoms with Crippen molar-refractivity contribution < 1.29 is 14.2 Å². The molecule has 1 aromatic heterocycles. The van der Waals surface area contributed by atoms with Crippen LogP contribution in [0.3, 0.4) is 0 Å². The van der Waals surface area contributed by atoms with Gasteiger partial charge in [-0.1, -0.05) is 0 Å². The van der Waals surface area contributed by atoms with Crippen molar-refractivity contribution in [2.75, 3.05) is 13.2 Å². The molecule has 0 atom stereocenters. The lowest BCUT2D eigenvalue weighted by Crippen LogP contribution is -2.01. The van der Waals surface area contributed by atoms with Crippen LogP contribution < -0.4 is 4.74 Å². The Morgan fingerprint density at radius 2 is 2.36 bits per heavy atom. The number of nitrogens with zero attached hydrogens (tertiary/aromatic N) is 1. The van der Waals surface area contributed by atoms with Crippen LogP contribution in [0.2, 0.25) is 0 Å². The maximum absolute atomic E-state index is 12.4. The Hall–Kier alpha value is -1.16. The zero-order valence-electron chi connectivity index (χ0n) is 5.83. The molecule has 0 aliphatic carbocycles. The zero-order valence-corrected chi connectivity index (χ0v) is 5.83. The minimum Gasteiger partial charge on any atom is -0.489 e. The number of pyridine rings is 1. The molecule has 11 heavy (non-hydrogen) atoms. The van der Waals surface area contributed by atoms with Crippen molar-refractivity contribution in [3.8, 4) is 5.75 Å². The van der Waals surface area contributed by atoms with E-state index in [1.807, 2.05) is 0 Å². The fourth-order valence-corrected chi connectivity index (χ4v) is 0.635. The van der Waals surface area contributed by atoms with Crippen molar-refractivity contribution >= 4 is 0 Å². The number of ether oxygens (including phenoxy) is 1. The third-order valence-electron chi connectivity index (χ3n) is 1.04. The quantitative estimate of drug-likeness (QED) is 0.698. The Morgan fingerprint density at radius 1 is 1.55 bits per heavy atom. The van der Waals surface area contributed by atoms with Gasteiger partial charge in [0.25, 0.3) is 0 Å². The van der Waals surface area contributed by atoms with Gasteiger partial charge in [0.15, 0.2) is 0 Å². The molecule has 0 aliphatic heterocycles. The Balaban J connectivity index is 2.56. The lowest BCUT2D eigenvalue weighted by Gasteiger charge is -2.01. The molecule has 3 nitrogen and oxygen atoms in total. The normalized spacial score (nSPS) is 9.64. The van der Waals surface area contributed by atoms with Gasteiger partial charge in [0.2, 0.25) is 0 Å². The first-order chi connectivity index (χ1) is 5.33. The number of aliphatic hydroxyl groups is 1. The van der Waals surface area contributed by atoms with Crippen molar-refractivity contribution in [2.45, 2.75) is 0 Å². The van der Waals surface area contributed by atoms with Crippen molar-refractivity contribution in [1.82, 2.24) is 4.98 Å². The van der Waals surface area contributed by atoms with E-state index < -0.39 is 5.82 Å². The number of rotatable bonds is 3. The van der Waals surface area contributed by atoms with Crippen LogP contribution in [0.15, 0.2) is 18.5 Å². The highest BCUT2D eigenvalue weighted by molar-refractivity contribution is 5.16. The van der Waals surface area contributed by atoms with Crippen LogP contribution in [-0.4, -0.2) is 23.3 Å². The summed E-state index contributed by atoms with van der Waals surface area (Å²) in [5, 5.41) is 8.36. The fraction of sp³-hybridized carbons (Fsp3) is 0.286. The Kier molecular flexibility index (Phi) is 2.80. The molecule has 4 heteroatoms. The molecule has 0 unspecified atom stereocenters. The second-order valence-electron chi connectivity index (χ2n) is 1.91. The molecule has 0 aliphatic rings. The molecule has 1 rings (SSSR count). The van der Waals surface area contributed by atoms with Gasteiger partial charge in [0, 0.05) is 6.07 Å². The van der Waals surface area contributed by atoms with Crippen LogP contribution in [-0.2, 0) is 0 Å². The van der Waals surface area contributed by atoms with Gasteiger partial charge in [-0.25, -0.2) is 4.39 Å². The van der Waals surface area contributed by atoms with Gasteiger partial charge in [-0.15, -0.1) is 0 Å². The average molecular weight is 157 g/mol. The van der Waals surface area contributed by atoms with Crippen molar-refractivity contribution in [1.29, 1.82) is 0 Å². The highest BCUT2D eigenvalue weighted by Crippen LogP contribution is 2.08. The smallest absolute Gasteiger partial charge is 0.145 e. The van der Waals surface area contributed by atoms with Crippen LogP contribution in [0.25, 0.3) is 0 Å². The van der Waals surface area contributed by atoms with E-state index in [9.17, 15) is 4.39 Å². The summed E-state index contributed by atoms with van der Waals surface area (Å²) in [6.45, 7) is 0.0711. The van der Waals surface area contributed by atoms with E-state index in [4.69, 9.17) is 9.84 Å². The summed E-state index contributed by atoms with van der Waals surface area (Å²) in [7, 11) is 0. The van der Waals surface area contributed by atoms with Crippen molar-refractivity contribution in [2.24, 2.45) is 0 Å². The van der Waals surface area contributed by atoms with Crippen LogP contribution in [0.4, 0.5) is 4.39 Å². The van der Waals surface area contributed by atoms with Crippen LogP contribution in [0, 0.1) is 5.82 Å². The van der Waals surface area contributed by atoms with E-state index in [0.717, 1.165) is 6.20 Å². The predicted octanol–water partition coefficient (Wildman–Crippen LogP) is 0.592. The summed E-state index contributed by atoms with van der Waals surface area (Å²) in [6.07, 6.45) is 2.48. The Bertz CT molecular complexity index is 229. The molecular formula is C7H8FNO2. The molecule has 0 bridgehead atoms. The molecule has 1 aromatic rings. The highest BCUT2D eigenvalue weighted by Gasteiger charge is 1.94. The van der Waals surface area contributed by atoms with Gasteiger partial charge in [-0.2, -0.15) is 0 Å². The molecule has 1 N–H and O–H groups in total. The SMILES string of the molecule is OCCOc1cncc(F)c1. The van der Waals surface area contributed by atoms with E-state index in [0.29, 0.717) is 5.75 Å². The molecule has 60 valence electrons. The van der Waals surface area contributed by atoms with E-state index in [1.54, 1.807) is 0 Å². The van der Waals surface area contributed by atoms with Gasteiger partial charge in [-0.05, 0) is 0 Å². The summed E-state index contributed by atoms with van der Waals surface area (Å²) in [6, 6.07) is 1.21. The minimum absolute atomic E-state index is 0.0868. The first-order valence-corrected chi connectivity index (χ1v) is 3.17. The molecule has 0 fully saturated rings. The first-order valence-electron chi connectivity index (χ1n) is 3.17. The number of aromatic nitrogens is 1. The minimum atomic E-state index is -0.444. The summed E-state index contributed by atoms with van der Waals surface area (Å²) < 4.78 is 17.3. The standard InChI is InChI=1S/C7H8FNO2/c8-6-3-7(5-9-4-6)11-2-1-10/h3-5,10H,1-2H2. The molecule has 0 saturated carbocycles. The molecule has 0 radical (unpaired) electrons. The number of halogens is 1. The lowest BCUT2D eigenvalue weighted by atomic mass is 10.4. The molecule has 0 aromatic carbocycles. The lowest BCUT2D eigenvalue weighted by molar-refractivity contribution is 0.200. The predicted molar refractivity (Wildman–Crippen MR) is 36.8 cm³/mol. The Morgan fingerprint density at radius 3 is 3.00 bits per heavy atom. The fourth-order valence-electron chi connectivity index (χ4n) is 0.635. The van der Waals surface area contributed by atoms with E-state index >= 15 is 0 Å². The van der Waals surface area contributed by atoms with Crippen molar-refractivity contribution in [3.63, 3.8) is 0 Å². The molecule has 1 heterocycles. The van der Waals surface area contributed by atoms with E-state index in [-0.39, 0.29) is 13.2 Å².